The Morgan fingerprint density at radius 3 is 2.65 bits per heavy atom. The molecule has 3 N–H and O–H groups in total. The average molecular weight is 273 g/mol. The van der Waals surface area contributed by atoms with Crippen molar-refractivity contribution < 1.29 is 14.6 Å². The first kappa shape index (κ1) is 14.4. The number of hydrogen-bond acceptors (Lipinski definition) is 4. The van der Waals surface area contributed by atoms with E-state index in [4.69, 9.17) is 20.3 Å². The van der Waals surface area contributed by atoms with Crippen LogP contribution in [0.4, 0.5) is 0 Å². The molecule has 2 rings (SSSR count). The van der Waals surface area contributed by atoms with E-state index in [1.165, 1.54) is 0 Å². The molecule has 2 aromatic carbocycles. The van der Waals surface area contributed by atoms with Crippen LogP contribution in [0.3, 0.4) is 0 Å². The Bertz CT molecular complexity index is 569. The Morgan fingerprint density at radius 1 is 1.10 bits per heavy atom. The highest BCUT2D eigenvalue weighted by molar-refractivity contribution is 5.37. The summed E-state index contributed by atoms with van der Waals surface area (Å²) in [6.07, 6.45) is 0. The Balaban J connectivity index is 2.06. The highest BCUT2D eigenvalue weighted by Gasteiger charge is 2.04. The van der Waals surface area contributed by atoms with Gasteiger partial charge in [-0.2, -0.15) is 0 Å². The third-order valence-corrected chi connectivity index (χ3v) is 3.06. The minimum absolute atomic E-state index is 0.0101. The van der Waals surface area contributed by atoms with Crippen molar-refractivity contribution in [1.29, 1.82) is 0 Å². The highest BCUT2D eigenvalue weighted by Crippen LogP contribution is 2.21. The Morgan fingerprint density at radius 2 is 1.95 bits per heavy atom. The third kappa shape index (κ3) is 3.50. The minimum Gasteiger partial charge on any atom is -0.496 e. The predicted octanol–water partition coefficient (Wildman–Crippen LogP) is 2.23. The molecule has 0 saturated heterocycles. The van der Waals surface area contributed by atoms with Gasteiger partial charge >= 0.3 is 0 Å². The number of methoxy groups -OCH3 is 1. The van der Waals surface area contributed by atoms with Crippen LogP contribution in [0.1, 0.15) is 16.7 Å². The van der Waals surface area contributed by atoms with Gasteiger partial charge in [-0.25, -0.2) is 0 Å². The summed E-state index contributed by atoms with van der Waals surface area (Å²) in [5, 5.41) is 9.09. The zero-order valence-corrected chi connectivity index (χ0v) is 11.5. The number of hydrogen-bond donors (Lipinski definition) is 2. The molecule has 0 aliphatic carbocycles. The number of aliphatic hydroxyl groups is 1. The van der Waals surface area contributed by atoms with E-state index in [1.807, 2.05) is 42.5 Å². The summed E-state index contributed by atoms with van der Waals surface area (Å²) in [5.41, 5.74) is 8.45. The first-order valence-electron chi connectivity index (χ1n) is 6.45. The molecule has 4 nitrogen and oxygen atoms in total. The van der Waals surface area contributed by atoms with Gasteiger partial charge in [-0.05, 0) is 29.3 Å². The second kappa shape index (κ2) is 6.93. The maximum absolute atomic E-state index is 9.09. The van der Waals surface area contributed by atoms with Crippen LogP contribution < -0.4 is 15.2 Å². The van der Waals surface area contributed by atoms with E-state index in [0.717, 1.165) is 28.2 Å². The van der Waals surface area contributed by atoms with Crippen molar-refractivity contribution in [3.8, 4) is 11.5 Å². The van der Waals surface area contributed by atoms with Crippen LogP contribution in [-0.4, -0.2) is 12.2 Å². The standard InChI is InChI=1S/C16H19NO3/c1-19-16-8-13(5-6-14(16)9-17)11-20-15-4-2-3-12(7-15)10-18/h2-8,18H,9-11,17H2,1H3. The lowest BCUT2D eigenvalue weighted by Crippen LogP contribution is -2.02. The van der Waals surface area contributed by atoms with E-state index < -0.39 is 0 Å². The number of benzene rings is 2. The number of nitrogens with two attached hydrogens (primary N) is 1. The second-order valence-corrected chi connectivity index (χ2v) is 4.44. The highest BCUT2D eigenvalue weighted by atomic mass is 16.5. The summed E-state index contributed by atoms with van der Waals surface area (Å²) in [6.45, 7) is 0.898. The molecule has 0 bridgehead atoms. The van der Waals surface area contributed by atoms with Gasteiger partial charge in [0.25, 0.3) is 0 Å². The average Bonchev–Trinajstić information content (AvgIpc) is 2.52. The molecule has 106 valence electrons. The lowest BCUT2D eigenvalue weighted by Gasteiger charge is -2.11. The number of rotatable bonds is 6. The maximum atomic E-state index is 9.09. The van der Waals surface area contributed by atoms with Crippen molar-refractivity contribution in [2.75, 3.05) is 7.11 Å². The van der Waals surface area contributed by atoms with Crippen molar-refractivity contribution in [3.63, 3.8) is 0 Å². The lowest BCUT2D eigenvalue weighted by molar-refractivity contribution is 0.278. The fraction of sp³-hybridized carbons (Fsp3) is 0.250. The number of ether oxygens (including phenoxy) is 2. The summed E-state index contributed by atoms with van der Waals surface area (Å²) in [7, 11) is 1.63. The van der Waals surface area contributed by atoms with Gasteiger partial charge in [-0.15, -0.1) is 0 Å². The summed E-state index contributed by atoms with van der Waals surface area (Å²) >= 11 is 0. The summed E-state index contributed by atoms with van der Waals surface area (Å²) < 4.78 is 11.0. The molecule has 2 aromatic rings. The second-order valence-electron chi connectivity index (χ2n) is 4.44. The maximum Gasteiger partial charge on any atom is 0.123 e. The molecule has 20 heavy (non-hydrogen) atoms. The van der Waals surface area contributed by atoms with Crippen molar-refractivity contribution in [2.24, 2.45) is 5.73 Å². The fourth-order valence-electron chi connectivity index (χ4n) is 1.95. The van der Waals surface area contributed by atoms with E-state index in [0.29, 0.717) is 13.2 Å². The monoisotopic (exact) mass is 273 g/mol. The van der Waals surface area contributed by atoms with E-state index in [9.17, 15) is 0 Å². The van der Waals surface area contributed by atoms with Crippen molar-refractivity contribution in [2.45, 2.75) is 19.8 Å². The topological polar surface area (TPSA) is 64.7 Å². The molecule has 0 amide bonds. The van der Waals surface area contributed by atoms with Gasteiger partial charge in [0.2, 0.25) is 0 Å². The van der Waals surface area contributed by atoms with E-state index in [-0.39, 0.29) is 6.61 Å². The molecule has 0 radical (unpaired) electrons. The van der Waals surface area contributed by atoms with Crippen LogP contribution in [-0.2, 0) is 19.8 Å². The molecule has 0 aliphatic rings. The molecule has 0 atom stereocenters. The zero-order valence-electron chi connectivity index (χ0n) is 11.5. The quantitative estimate of drug-likeness (QED) is 0.847. The largest absolute Gasteiger partial charge is 0.496 e. The first-order valence-corrected chi connectivity index (χ1v) is 6.45. The molecule has 0 spiro atoms. The summed E-state index contributed by atoms with van der Waals surface area (Å²) in [4.78, 5) is 0. The molecule has 4 heteroatoms. The van der Waals surface area contributed by atoms with Gasteiger partial charge in [0.05, 0.1) is 13.7 Å². The molecule has 0 fully saturated rings. The van der Waals surface area contributed by atoms with Gasteiger partial charge in [0.1, 0.15) is 18.1 Å². The van der Waals surface area contributed by atoms with Crippen molar-refractivity contribution in [1.82, 2.24) is 0 Å². The molecular formula is C16H19NO3. The predicted molar refractivity (Wildman–Crippen MR) is 77.6 cm³/mol. The number of aliphatic hydroxyl groups excluding tert-OH is 1. The first-order chi connectivity index (χ1) is 9.76. The van der Waals surface area contributed by atoms with E-state index in [1.54, 1.807) is 7.11 Å². The van der Waals surface area contributed by atoms with Crippen LogP contribution >= 0.6 is 0 Å². The van der Waals surface area contributed by atoms with Crippen LogP contribution in [0, 0.1) is 0 Å². The minimum atomic E-state index is 0.0101. The SMILES string of the molecule is COc1cc(COc2cccc(CO)c2)ccc1CN. The molecule has 0 aliphatic heterocycles. The van der Waals surface area contributed by atoms with Gasteiger partial charge in [-0.1, -0.05) is 24.3 Å². The van der Waals surface area contributed by atoms with Crippen LogP contribution in [0.15, 0.2) is 42.5 Å². The normalized spacial score (nSPS) is 10.3. The molecule has 0 saturated carbocycles. The van der Waals surface area contributed by atoms with Crippen LogP contribution in [0.5, 0.6) is 11.5 Å². The van der Waals surface area contributed by atoms with E-state index in [2.05, 4.69) is 0 Å². The smallest absolute Gasteiger partial charge is 0.123 e. The fourth-order valence-corrected chi connectivity index (χ4v) is 1.95. The van der Waals surface area contributed by atoms with Gasteiger partial charge in [0.15, 0.2) is 0 Å². The van der Waals surface area contributed by atoms with Crippen LogP contribution in [0.2, 0.25) is 0 Å². The van der Waals surface area contributed by atoms with Gasteiger partial charge in [-0.3, -0.25) is 0 Å². The Kier molecular flexibility index (Phi) is 4.98. The summed E-state index contributed by atoms with van der Waals surface area (Å²) in [6, 6.07) is 13.3. The lowest BCUT2D eigenvalue weighted by atomic mass is 10.1. The van der Waals surface area contributed by atoms with Crippen molar-refractivity contribution in [3.05, 3.63) is 59.2 Å². The third-order valence-electron chi connectivity index (χ3n) is 3.06. The van der Waals surface area contributed by atoms with Crippen molar-refractivity contribution >= 4 is 0 Å². The molecule has 0 unspecified atom stereocenters. The van der Waals surface area contributed by atoms with E-state index >= 15 is 0 Å². The zero-order chi connectivity index (χ0) is 14.4. The Hall–Kier alpha value is -2.04. The molecular weight excluding hydrogens is 254 g/mol. The van der Waals surface area contributed by atoms with Crippen LogP contribution in [0.25, 0.3) is 0 Å². The molecule has 0 heterocycles. The van der Waals surface area contributed by atoms with Gasteiger partial charge < -0.3 is 20.3 Å². The van der Waals surface area contributed by atoms with Gasteiger partial charge in [0, 0.05) is 12.1 Å². The molecule has 0 aromatic heterocycles. The summed E-state index contributed by atoms with van der Waals surface area (Å²) in [5.74, 6) is 1.51. The Labute approximate surface area is 118 Å².